The van der Waals surface area contributed by atoms with Crippen LogP contribution in [0.15, 0.2) is 42.5 Å². The number of likely N-dealkylation sites (N-methyl/N-ethyl adjacent to an activating group) is 1. The van der Waals surface area contributed by atoms with Crippen molar-refractivity contribution >= 4 is 29.5 Å². The van der Waals surface area contributed by atoms with E-state index in [1.807, 2.05) is 90.9 Å². The lowest BCUT2D eigenvalue weighted by atomic mass is 9.96. The van der Waals surface area contributed by atoms with Gasteiger partial charge in [-0.2, -0.15) is 0 Å². The molecule has 1 aromatic carbocycles. The molecule has 1 rings (SSSR count). The van der Waals surface area contributed by atoms with Crippen LogP contribution >= 0.6 is 0 Å². The van der Waals surface area contributed by atoms with Crippen molar-refractivity contribution in [1.29, 1.82) is 0 Å². The van der Waals surface area contributed by atoms with Gasteiger partial charge in [0.25, 0.3) is 0 Å². The summed E-state index contributed by atoms with van der Waals surface area (Å²) >= 11 is 0. The van der Waals surface area contributed by atoms with Gasteiger partial charge in [0.05, 0.1) is 6.04 Å². The molecular weight excluding hydrogens is 584 g/mol. The van der Waals surface area contributed by atoms with Crippen LogP contribution in [0.2, 0.25) is 0 Å². The standard InChI is InChI=1S/C35H58N6O5/c1-11-24(6)31(41(9)10)35(46)40-29(20-23(4)5)34(45)39-28(19-22(2)3)33(44)37-25(7)17-18-30(42)38-26(8)32(43)36-21-27-15-13-12-14-16-27/h12-18,22-26,28-29,31H,11,19-21H2,1-10H3,(H,36,43)(H,37,44)(H,38,42)(H,39,45)(H,40,46)/b18-17+/t24-,25-,26-,28-,29-,31-/m0/s1. The highest BCUT2D eigenvalue weighted by Gasteiger charge is 2.32. The van der Waals surface area contributed by atoms with E-state index in [1.165, 1.54) is 12.2 Å². The Labute approximate surface area is 276 Å². The first-order chi connectivity index (χ1) is 21.5. The minimum Gasteiger partial charge on any atom is -0.350 e. The highest BCUT2D eigenvalue weighted by atomic mass is 16.2. The topological polar surface area (TPSA) is 149 Å². The Morgan fingerprint density at radius 3 is 1.74 bits per heavy atom. The van der Waals surface area contributed by atoms with E-state index in [-0.39, 0.29) is 29.6 Å². The van der Waals surface area contributed by atoms with Gasteiger partial charge in [0.2, 0.25) is 29.5 Å². The summed E-state index contributed by atoms with van der Waals surface area (Å²) in [6.07, 6.45) is 4.42. The largest absolute Gasteiger partial charge is 0.350 e. The molecule has 0 aliphatic carbocycles. The molecule has 0 aliphatic heterocycles. The molecule has 0 heterocycles. The number of hydrogen-bond donors (Lipinski definition) is 5. The minimum absolute atomic E-state index is 0.0915. The zero-order valence-corrected chi connectivity index (χ0v) is 29.5. The number of benzene rings is 1. The van der Waals surface area contributed by atoms with Gasteiger partial charge in [-0.05, 0) is 64.1 Å². The molecule has 0 spiro atoms. The van der Waals surface area contributed by atoms with Crippen LogP contribution in [0.5, 0.6) is 0 Å². The Hall–Kier alpha value is -3.73. The van der Waals surface area contributed by atoms with Gasteiger partial charge in [-0.25, -0.2) is 0 Å². The zero-order valence-electron chi connectivity index (χ0n) is 29.5. The second-order valence-corrected chi connectivity index (χ2v) is 13.3. The molecule has 0 aromatic heterocycles. The third-order valence-corrected chi connectivity index (χ3v) is 7.66. The van der Waals surface area contributed by atoms with Crippen LogP contribution < -0.4 is 26.6 Å². The summed E-state index contributed by atoms with van der Waals surface area (Å²) in [7, 11) is 3.70. The Bertz CT molecular complexity index is 1150. The van der Waals surface area contributed by atoms with Crippen molar-refractivity contribution in [3.63, 3.8) is 0 Å². The maximum atomic E-state index is 13.5. The summed E-state index contributed by atoms with van der Waals surface area (Å²) in [5, 5.41) is 14.1. The fourth-order valence-electron chi connectivity index (χ4n) is 5.03. The molecule has 5 amide bonds. The summed E-state index contributed by atoms with van der Waals surface area (Å²) < 4.78 is 0. The number of rotatable bonds is 19. The van der Waals surface area contributed by atoms with Crippen LogP contribution in [0, 0.1) is 17.8 Å². The minimum atomic E-state index is -0.837. The van der Waals surface area contributed by atoms with E-state index in [1.54, 1.807) is 13.8 Å². The fourth-order valence-corrected chi connectivity index (χ4v) is 5.03. The lowest BCUT2D eigenvalue weighted by Gasteiger charge is -2.31. The Morgan fingerprint density at radius 1 is 0.717 bits per heavy atom. The third kappa shape index (κ3) is 15.0. The van der Waals surface area contributed by atoms with Gasteiger partial charge in [-0.1, -0.05) is 84.4 Å². The summed E-state index contributed by atoms with van der Waals surface area (Å²) in [5.41, 5.74) is 0.950. The van der Waals surface area contributed by atoms with E-state index in [9.17, 15) is 24.0 Å². The molecule has 0 saturated carbocycles. The average Bonchev–Trinajstić information content (AvgIpc) is 2.97. The highest BCUT2D eigenvalue weighted by Crippen LogP contribution is 2.15. The van der Waals surface area contributed by atoms with Crippen LogP contribution in [-0.2, 0) is 30.5 Å². The summed E-state index contributed by atoms with van der Waals surface area (Å²) in [4.78, 5) is 66.8. The van der Waals surface area contributed by atoms with Crippen molar-refractivity contribution in [2.24, 2.45) is 17.8 Å². The van der Waals surface area contributed by atoms with Crippen LogP contribution in [0.4, 0.5) is 0 Å². The van der Waals surface area contributed by atoms with Gasteiger partial charge in [-0.15, -0.1) is 0 Å². The predicted octanol–water partition coefficient (Wildman–Crippen LogP) is 2.91. The van der Waals surface area contributed by atoms with Crippen molar-refractivity contribution in [1.82, 2.24) is 31.5 Å². The first kappa shape index (κ1) is 40.3. The molecule has 6 atom stereocenters. The number of amides is 5. The van der Waals surface area contributed by atoms with E-state index in [0.717, 1.165) is 12.0 Å². The van der Waals surface area contributed by atoms with E-state index >= 15 is 0 Å². The maximum absolute atomic E-state index is 13.5. The second-order valence-electron chi connectivity index (χ2n) is 13.3. The Kier molecular flexibility index (Phi) is 17.9. The summed E-state index contributed by atoms with van der Waals surface area (Å²) in [6, 6.07) is 6.15. The average molecular weight is 643 g/mol. The predicted molar refractivity (Wildman–Crippen MR) is 182 cm³/mol. The van der Waals surface area contributed by atoms with Crippen molar-refractivity contribution in [3.8, 4) is 0 Å². The summed E-state index contributed by atoms with van der Waals surface area (Å²) in [5.74, 6) is -1.49. The van der Waals surface area contributed by atoms with Gasteiger partial charge in [0.15, 0.2) is 0 Å². The molecule has 258 valence electrons. The monoisotopic (exact) mass is 642 g/mol. The lowest BCUT2D eigenvalue weighted by molar-refractivity contribution is -0.134. The Balaban J connectivity index is 2.84. The molecule has 0 radical (unpaired) electrons. The maximum Gasteiger partial charge on any atom is 0.244 e. The first-order valence-corrected chi connectivity index (χ1v) is 16.4. The van der Waals surface area contributed by atoms with Crippen LogP contribution in [0.25, 0.3) is 0 Å². The van der Waals surface area contributed by atoms with Gasteiger partial charge < -0.3 is 26.6 Å². The van der Waals surface area contributed by atoms with Crippen LogP contribution in [-0.4, -0.2) is 78.7 Å². The number of hydrogen-bond acceptors (Lipinski definition) is 6. The fraction of sp³-hybridized carbons (Fsp3) is 0.629. The Morgan fingerprint density at radius 2 is 1.24 bits per heavy atom. The number of carbonyl (C=O) groups is 5. The van der Waals surface area contributed by atoms with Gasteiger partial charge in [0, 0.05) is 18.7 Å². The third-order valence-electron chi connectivity index (χ3n) is 7.66. The number of nitrogens with zero attached hydrogens (tertiary/aromatic N) is 1. The van der Waals surface area contributed by atoms with Gasteiger partial charge >= 0.3 is 0 Å². The highest BCUT2D eigenvalue weighted by molar-refractivity contribution is 5.94. The number of nitrogens with one attached hydrogen (secondary N) is 5. The quantitative estimate of drug-likeness (QED) is 0.147. The van der Waals surface area contributed by atoms with Crippen molar-refractivity contribution in [2.75, 3.05) is 14.1 Å². The van der Waals surface area contributed by atoms with Crippen molar-refractivity contribution in [3.05, 3.63) is 48.0 Å². The van der Waals surface area contributed by atoms with E-state index in [0.29, 0.717) is 19.4 Å². The molecule has 11 heteroatoms. The first-order valence-electron chi connectivity index (χ1n) is 16.4. The molecule has 46 heavy (non-hydrogen) atoms. The molecule has 11 nitrogen and oxygen atoms in total. The van der Waals surface area contributed by atoms with E-state index in [4.69, 9.17) is 0 Å². The zero-order chi connectivity index (χ0) is 35.0. The number of carbonyl (C=O) groups excluding carboxylic acids is 5. The molecule has 0 fully saturated rings. The van der Waals surface area contributed by atoms with Gasteiger partial charge in [-0.3, -0.25) is 28.9 Å². The van der Waals surface area contributed by atoms with Crippen LogP contribution in [0.1, 0.15) is 80.2 Å². The van der Waals surface area contributed by atoms with Gasteiger partial charge in [0.1, 0.15) is 18.1 Å². The molecule has 0 aliphatic rings. The second kappa shape index (κ2) is 20.4. The van der Waals surface area contributed by atoms with E-state index < -0.39 is 47.9 Å². The SMILES string of the molecule is CC[C@H](C)[C@@H](C(=O)N[C@@H](CC(C)C)C(=O)N[C@@H](CC(C)C)C(=O)N[C@@H](C)/C=C/C(=O)N[C@@H](C)C(=O)NCc1ccccc1)N(C)C. The molecular formula is C35H58N6O5. The molecule has 0 saturated heterocycles. The molecule has 1 aromatic rings. The lowest BCUT2D eigenvalue weighted by Crippen LogP contribution is -2.57. The molecule has 0 unspecified atom stereocenters. The van der Waals surface area contributed by atoms with Crippen molar-refractivity contribution < 1.29 is 24.0 Å². The normalized spacial score (nSPS) is 15.5. The molecule has 0 bridgehead atoms. The van der Waals surface area contributed by atoms with Crippen LogP contribution in [0.3, 0.4) is 0 Å². The smallest absolute Gasteiger partial charge is 0.244 e. The summed E-state index contributed by atoms with van der Waals surface area (Å²) in [6.45, 7) is 15.6. The molecule has 5 N–H and O–H groups in total. The van der Waals surface area contributed by atoms with Crippen molar-refractivity contribution in [2.45, 2.75) is 111 Å². The van der Waals surface area contributed by atoms with E-state index in [2.05, 4.69) is 26.6 Å².